The topological polar surface area (TPSA) is 63.8 Å². The Morgan fingerprint density at radius 2 is 2.50 bits per heavy atom. The summed E-state index contributed by atoms with van der Waals surface area (Å²) in [6.07, 6.45) is 1.62. The predicted octanol–water partition coefficient (Wildman–Crippen LogP) is 1.16. The lowest BCUT2D eigenvalue weighted by molar-refractivity contribution is 0.963. The molecule has 0 fully saturated rings. The highest BCUT2D eigenvalue weighted by Crippen LogP contribution is 2.42. The minimum Gasteiger partial charge on any atom is -0.368 e. The molecule has 2 heterocycles. The summed E-state index contributed by atoms with van der Waals surface area (Å²) in [7, 11) is 0. The fourth-order valence-corrected chi connectivity index (χ4v) is 2.65. The van der Waals surface area contributed by atoms with Crippen molar-refractivity contribution < 1.29 is 0 Å². The maximum atomic E-state index is 5.45. The number of hydrogen-bond donors (Lipinski definition) is 2. The molecule has 14 heavy (non-hydrogen) atoms. The lowest BCUT2D eigenvalue weighted by Crippen LogP contribution is -2.15. The van der Waals surface area contributed by atoms with E-state index in [1.807, 2.05) is 11.8 Å². The van der Waals surface area contributed by atoms with Crippen molar-refractivity contribution >= 4 is 17.6 Å². The normalized spacial score (nSPS) is 19.4. The first-order valence-electron chi connectivity index (χ1n) is 4.72. The van der Waals surface area contributed by atoms with E-state index in [9.17, 15) is 0 Å². The minimum absolute atomic E-state index is 0.492. The highest BCUT2D eigenvalue weighted by Gasteiger charge is 2.24. The summed E-state index contributed by atoms with van der Waals surface area (Å²) < 4.78 is 0. The van der Waals surface area contributed by atoms with Gasteiger partial charge >= 0.3 is 0 Å². The molecule has 0 bridgehead atoms. The van der Waals surface area contributed by atoms with Crippen LogP contribution in [0.15, 0.2) is 6.33 Å². The monoisotopic (exact) mass is 210 g/mol. The van der Waals surface area contributed by atoms with Crippen LogP contribution in [-0.4, -0.2) is 23.1 Å². The second kappa shape index (κ2) is 4.14. The van der Waals surface area contributed by atoms with E-state index in [0.29, 0.717) is 11.8 Å². The Hall–Kier alpha value is -0.810. The molecule has 0 saturated carbocycles. The highest BCUT2D eigenvalue weighted by atomic mass is 32.2. The molecule has 2 rings (SSSR count). The summed E-state index contributed by atoms with van der Waals surface area (Å²) in [5.74, 6) is 1.95. The van der Waals surface area contributed by atoms with Crippen LogP contribution in [0.25, 0.3) is 0 Å². The zero-order valence-electron chi connectivity index (χ0n) is 8.16. The van der Waals surface area contributed by atoms with Crippen LogP contribution in [0.2, 0.25) is 0 Å². The Bertz CT molecular complexity index is 329. The molecule has 1 atom stereocenters. The van der Waals surface area contributed by atoms with E-state index in [2.05, 4.69) is 22.2 Å². The highest BCUT2D eigenvalue weighted by molar-refractivity contribution is 7.99. The third kappa shape index (κ3) is 1.69. The van der Waals surface area contributed by atoms with Crippen LogP contribution in [-0.2, 0) is 5.75 Å². The predicted molar refractivity (Wildman–Crippen MR) is 59.3 cm³/mol. The molecule has 0 aliphatic carbocycles. The van der Waals surface area contributed by atoms with E-state index in [0.717, 1.165) is 23.8 Å². The zero-order valence-corrected chi connectivity index (χ0v) is 8.97. The summed E-state index contributed by atoms with van der Waals surface area (Å²) in [6, 6.07) is 0. The van der Waals surface area contributed by atoms with Gasteiger partial charge in [0.05, 0.1) is 5.69 Å². The molecular weight excluding hydrogens is 196 g/mol. The van der Waals surface area contributed by atoms with Crippen LogP contribution in [0.4, 0.5) is 5.82 Å². The number of hydrogen-bond acceptors (Lipinski definition) is 5. The number of thioether (sulfide) groups is 1. The molecule has 1 aromatic rings. The molecule has 0 radical (unpaired) electrons. The van der Waals surface area contributed by atoms with Gasteiger partial charge in [-0.15, -0.1) is 11.8 Å². The molecular formula is C9H14N4S. The van der Waals surface area contributed by atoms with Crippen molar-refractivity contribution in [2.75, 3.05) is 18.4 Å². The number of rotatable bonds is 3. The second-order valence-corrected chi connectivity index (χ2v) is 4.58. The number of anilines is 1. The lowest BCUT2D eigenvalue weighted by atomic mass is 10.1. The van der Waals surface area contributed by atoms with Gasteiger partial charge in [0, 0.05) is 29.7 Å². The Labute approximate surface area is 87.7 Å². The quantitative estimate of drug-likeness (QED) is 0.783. The molecule has 0 saturated heterocycles. The third-order valence-corrected chi connectivity index (χ3v) is 3.46. The van der Waals surface area contributed by atoms with Crippen LogP contribution in [0.5, 0.6) is 0 Å². The van der Waals surface area contributed by atoms with Crippen molar-refractivity contribution in [1.82, 2.24) is 9.97 Å². The molecule has 5 heteroatoms. The fraction of sp³-hybridized carbons (Fsp3) is 0.556. The van der Waals surface area contributed by atoms with E-state index in [1.165, 1.54) is 5.56 Å². The lowest BCUT2D eigenvalue weighted by Gasteiger charge is -2.10. The Morgan fingerprint density at radius 1 is 1.64 bits per heavy atom. The van der Waals surface area contributed by atoms with Crippen molar-refractivity contribution in [3.05, 3.63) is 17.6 Å². The van der Waals surface area contributed by atoms with Gasteiger partial charge in [0.1, 0.15) is 12.1 Å². The Kier molecular flexibility index (Phi) is 2.88. The van der Waals surface area contributed by atoms with Crippen LogP contribution in [0.1, 0.15) is 23.4 Å². The van der Waals surface area contributed by atoms with Crippen molar-refractivity contribution in [2.24, 2.45) is 5.73 Å². The number of nitrogens with two attached hydrogens (primary N) is 1. The molecule has 1 aliphatic rings. The summed E-state index contributed by atoms with van der Waals surface area (Å²) in [4.78, 5) is 8.52. The molecule has 1 aliphatic heterocycles. The zero-order chi connectivity index (χ0) is 9.97. The van der Waals surface area contributed by atoms with Crippen molar-refractivity contribution in [3.63, 3.8) is 0 Å². The maximum absolute atomic E-state index is 5.45. The molecule has 0 aromatic carbocycles. The van der Waals surface area contributed by atoms with Gasteiger partial charge in [-0.25, -0.2) is 9.97 Å². The smallest absolute Gasteiger partial charge is 0.134 e. The summed E-state index contributed by atoms with van der Waals surface area (Å²) in [5.41, 5.74) is 7.86. The van der Waals surface area contributed by atoms with Crippen LogP contribution in [0.3, 0.4) is 0 Å². The van der Waals surface area contributed by atoms with Gasteiger partial charge in [0.25, 0.3) is 0 Å². The van der Waals surface area contributed by atoms with Gasteiger partial charge in [0.2, 0.25) is 0 Å². The average Bonchev–Trinajstić information content (AvgIpc) is 2.58. The fourth-order valence-electron chi connectivity index (χ4n) is 1.59. The van der Waals surface area contributed by atoms with Crippen LogP contribution < -0.4 is 11.1 Å². The van der Waals surface area contributed by atoms with Gasteiger partial charge in [-0.1, -0.05) is 0 Å². The number of fused-ring (bicyclic) bond motifs is 1. The van der Waals surface area contributed by atoms with E-state index < -0.39 is 0 Å². The van der Waals surface area contributed by atoms with Gasteiger partial charge in [-0.3, -0.25) is 0 Å². The van der Waals surface area contributed by atoms with Gasteiger partial charge < -0.3 is 11.1 Å². The minimum atomic E-state index is 0.492. The van der Waals surface area contributed by atoms with E-state index in [1.54, 1.807) is 6.33 Å². The Balaban J connectivity index is 2.27. The number of aromatic nitrogens is 2. The standard InChI is InChI=1S/C9H14N4S/c1-6-8-7(4-14-6)12-5-13-9(8)11-3-2-10/h5-6H,2-4,10H2,1H3,(H,11,12,13)/t6-/m0/s1. The number of nitrogens with zero attached hydrogens (tertiary/aromatic N) is 2. The molecule has 4 nitrogen and oxygen atoms in total. The van der Waals surface area contributed by atoms with Gasteiger partial charge in [-0.05, 0) is 6.92 Å². The third-order valence-electron chi connectivity index (χ3n) is 2.28. The summed E-state index contributed by atoms with van der Waals surface area (Å²) in [6.45, 7) is 3.58. The van der Waals surface area contributed by atoms with Crippen molar-refractivity contribution in [1.29, 1.82) is 0 Å². The average molecular weight is 210 g/mol. The van der Waals surface area contributed by atoms with E-state index in [-0.39, 0.29) is 0 Å². The first-order chi connectivity index (χ1) is 6.83. The maximum Gasteiger partial charge on any atom is 0.134 e. The second-order valence-electron chi connectivity index (χ2n) is 3.25. The van der Waals surface area contributed by atoms with E-state index in [4.69, 9.17) is 5.73 Å². The van der Waals surface area contributed by atoms with Crippen LogP contribution in [0, 0.1) is 0 Å². The summed E-state index contributed by atoms with van der Waals surface area (Å²) >= 11 is 1.90. The number of nitrogens with one attached hydrogen (secondary N) is 1. The summed E-state index contributed by atoms with van der Waals surface area (Å²) in [5, 5.41) is 3.73. The molecule has 0 unspecified atom stereocenters. The largest absolute Gasteiger partial charge is 0.368 e. The van der Waals surface area contributed by atoms with Crippen molar-refractivity contribution in [2.45, 2.75) is 17.9 Å². The SMILES string of the molecule is C[C@@H]1SCc2ncnc(NCCN)c21. The molecule has 3 N–H and O–H groups in total. The van der Waals surface area contributed by atoms with Crippen molar-refractivity contribution in [3.8, 4) is 0 Å². The van der Waals surface area contributed by atoms with Crippen LogP contribution >= 0.6 is 11.8 Å². The first kappa shape index (κ1) is 9.73. The van der Waals surface area contributed by atoms with Gasteiger partial charge in [0.15, 0.2) is 0 Å². The molecule has 0 amide bonds. The Morgan fingerprint density at radius 3 is 3.29 bits per heavy atom. The first-order valence-corrected chi connectivity index (χ1v) is 5.77. The molecule has 1 aromatic heterocycles. The molecule has 76 valence electrons. The van der Waals surface area contributed by atoms with Gasteiger partial charge in [-0.2, -0.15) is 0 Å². The van der Waals surface area contributed by atoms with E-state index >= 15 is 0 Å². The molecule has 0 spiro atoms.